The zero-order valence-corrected chi connectivity index (χ0v) is 7.55. The highest BCUT2D eigenvalue weighted by Gasteiger charge is 2.31. The summed E-state index contributed by atoms with van der Waals surface area (Å²) in [5.41, 5.74) is 1.78. The average Bonchev–Trinajstić information content (AvgIpc) is 2.15. The number of anilines is 1. The largest absolute Gasteiger partial charge is 0.477 e. The van der Waals surface area contributed by atoms with Gasteiger partial charge in [0.1, 0.15) is 0 Å². The van der Waals surface area contributed by atoms with Gasteiger partial charge in [0.05, 0.1) is 10.5 Å². The summed E-state index contributed by atoms with van der Waals surface area (Å²) in [6, 6.07) is 0. The molecule has 0 aliphatic heterocycles. The highest BCUT2D eigenvalue weighted by atomic mass is 19.3. The second kappa shape index (κ2) is 4.04. The Hall–Kier alpha value is -2.32. The summed E-state index contributed by atoms with van der Waals surface area (Å²) < 4.78 is 24.8. The number of aromatic nitrogens is 1. The number of alkyl halides is 2. The van der Waals surface area contributed by atoms with Crippen LogP contribution in [0.5, 0.6) is 0 Å². The quantitative estimate of drug-likeness (QED) is 0.598. The van der Waals surface area contributed by atoms with Crippen LogP contribution < -0.4 is 5.73 Å². The molecule has 0 radical (unpaired) electrons. The average molecular weight is 233 g/mol. The van der Waals surface area contributed by atoms with Gasteiger partial charge in [0, 0.05) is 6.20 Å². The zero-order valence-electron chi connectivity index (χ0n) is 7.55. The van der Waals surface area contributed by atoms with Gasteiger partial charge >= 0.3 is 11.7 Å². The van der Waals surface area contributed by atoms with Crippen LogP contribution in [0.15, 0.2) is 6.20 Å². The molecule has 1 heterocycles. The Kier molecular flexibility index (Phi) is 2.97. The lowest BCUT2D eigenvalue weighted by Gasteiger charge is -2.06. The molecule has 9 heteroatoms. The van der Waals surface area contributed by atoms with Gasteiger partial charge in [-0.2, -0.15) is 0 Å². The van der Waals surface area contributed by atoms with Gasteiger partial charge in [0.15, 0.2) is 5.56 Å². The smallest absolute Gasteiger partial charge is 0.343 e. The predicted octanol–water partition coefficient (Wildman–Crippen LogP) is 1.21. The van der Waals surface area contributed by atoms with Crippen LogP contribution in [-0.4, -0.2) is 21.0 Å². The van der Waals surface area contributed by atoms with Gasteiger partial charge in [-0.15, -0.1) is 0 Å². The first kappa shape index (κ1) is 11.8. The molecule has 0 aliphatic rings. The van der Waals surface area contributed by atoms with E-state index in [0.29, 0.717) is 6.20 Å². The molecule has 7 nitrogen and oxygen atoms in total. The normalized spacial score (nSPS) is 10.4. The topological polar surface area (TPSA) is 119 Å². The summed E-state index contributed by atoms with van der Waals surface area (Å²) in [7, 11) is 0. The molecule has 0 atom stereocenters. The van der Waals surface area contributed by atoms with Gasteiger partial charge in [-0.25, -0.2) is 18.6 Å². The third-order valence-corrected chi connectivity index (χ3v) is 1.74. The summed E-state index contributed by atoms with van der Waals surface area (Å²) in [5, 5.41) is 19.1. The number of aromatic carboxylic acids is 1. The first-order valence-corrected chi connectivity index (χ1v) is 3.80. The molecule has 16 heavy (non-hydrogen) atoms. The fraction of sp³-hybridized carbons (Fsp3) is 0.143. The number of hydrogen-bond donors (Lipinski definition) is 2. The summed E-state index contributed by atoms with van der Waals surface area (Å²) in [5.74, 6) is -2.57. The van der Waals surface area contributed by atoms with Crippen LogP contribution in [0.25, 0.3) is 0 Å². The number of halogens is 2. The number of carboxylic acid groups (broad SMARTS) is 1. The second-order valence-electron chi connectivity index (χ2n) is 2.69. The molecule has 0 aliphatic carbocycles. The molecule has 0 spiro atoms. The predicted molar refractivity (Wildman–Crippen MR) is 47.2 cm³/mol. The Balaban J connectivity index is 3.63. The molecule has 0 amide bonds. The molecule has 0 saturated heterocycles. The van der Waals surface area contributed by atoms with Gasteiger partial charge in [0.25, 0.3) is 6.43 Å². The molecule has 0 unspecified atom stereocenters. The lowest BCUT2D eigenvalue weighted by Crippen LogP contribution is -2.11. The molecule has 0 fully saturated rings. The van der Waals surface area contributed by atoms with E-state index in [0.717, 1.165) is 0 Å². The number of nitrogen functional groups attached to an aromatic ring is 1. The van der Waals surface area contributed by atoms with Gasteiger partial charge in [-0.05, 0) is 0 Å². The maximum atomic E-state index is 12.4. The van der Waals surface area contributed by atoms with Crippen molar-refractivity contribution < 1.29 is 23.6 Å². The van der Waals surface area contributed by atoms with Gasteiger partial charge in [-0.3, -0.25) is 10.1 Å². The minimum absolute atomic E-state index is 0.510. The van der Waals surface area contributed by atoms with Crippen molar-refractivity contribution in [3.05, 3.63) is 27.4 Å². The SMILES string of the molecule is Nc1ncc(C(F)F)c(C(=O)O)c1[N+](=O)[O-]. The lowest BCUT2D eigenvalue weighted by molar-refractivity contribution is -0.384. The molecule has 3 N–H and O–H groups in total. The first-order chi connectivity index (χ1) is 7.36. The molecule has 1 aromatic rings. The Morgan fingerprint density at radius 1 is 1.62 bits per heavy atom. The van der Waals surface area contributed by atoms with E-state index in [2.05, 4.69) is 4.98 Å². The number of carboxylic acids is 1. The number of hydrogen-bond acceptors (Lipinski definition) is 5. The third-order valence-electron chi connectivity index (χ3n) is 1.74. The summed E-state index contributed by atoms with van der Waals surface area (Å²) >= 11 is 0. The fourth-order valence-electron chi connectivity index (χ4n) is 1.10. The molecule has 1 rings (SSSR count). The first-order valence-electron chi connectivity index (χ1n) is 3.80. The monoisotopic (exact) mass is 233 g/mol. The van der Waals surface area contributed by atoms with E-state index in [1.165, 1.54) is 0 Å². The van der Waals surface area contributed by atoms with E-state index in [1.54, 1.807) is 0 Å². The summed E-state index contributed by atoms with van der Waals surface area (Å²) in [4.78, 5) is 23.2. The van der Waals surface area contributed by atoms with Crippen LogP contribution in [0.4, 0.5) is 20.3 Å². The fourth-order valence-corrected chi connectivity index (χ4v) is 1.10. The standard InChI is InChI=1S/C7H5F2N3O4/c8-5(9)2-1-11-6(10)4(12(15)16)3(2)7(13)14/h1,5H,(H2,10,11)(H,13,14). The molecule has 0 aromatic carbocycles. The van der Waals surface area contributed by atoms with E-state index in [-0.39, 0.29) is 0 Å². The number of nitrogens with two attached hydrogens (primary N) is 1. The van der Waals surface area contributed by atoms with E-state index in [1.807, 2.05) is 0 Å². The number of rotatable bonds is 3. The van der Waals surface area contributed by atoms with Gasteiger partial charge in [0.2, 0.25) is 5.82 Å². The maximum absolute atomic E-state index is 12.4. The van der Waals surface area contributed by atoms with Crippen LogP contribution >= 0.6 is 0 Å². The number of carbonyl (C=O) groups is 1. The van der Waals surface area contributed by atoms with Gasteiger partial charge in [-0.1, -0.05) is 0 Å². The van der Waals surface area contributed by atoms with Crippen molar-refractivity contribution in [2.75, 3.05) is 5.73 Å². The summed E-state index contributed by atoms with van der Waals surface area (Å²) in [6.45, 7) is 0. The Bertz CT molecular complexity index is 463. The highest BCUT2D eigenvalue weighted by molar-refractivity contribution is 5.96. The summed E-state index contributed by atoms with van der Waals surface area (Å²) in [6.07, 6.45) is -2.67. The van der Waals surface area contributed by atoms with E-state index >= 15 is 0 Å². The molecule has 86 valence electrons. The van der Waals surface area contributed by atoms with Crippen molar-refractivity contribution >= 4 is 17.5 Å². The Morgan fingerprint density at radius 2 is 2.19 bits per heavy atom. The van der Waals surface area contributed by atoms with Crippen LogP contribution in [0.2, 0.25) is 0 Å². The van der Waals surface area contributed by atoms with Crippen LogP contribution in [0, 0.1) is 10.1 Å². The molecule has 1 aromatic heterocycles. The van der Waals surface area contributed by atoms with Crippen molar-refractivity contribution in [3.8, 4) is 0 Å². The van der Waals surface area contributed by atoms with E-state index < -0.39 is 40.0 Å². The van der Waals surface area contributed by atoms with Crippen LogP contribution in [-0.2, 0) is 0 Å². The zero-order chi connectivity index (χ0) is 12.5. The second-order valence-corrected chi connectivity index (χ2v) is 2.69. The van der Waals surface area contributed by atoms with Crippen LogP contribution in [0.1, 0.15) is 22.3 Å². The van der Waals surface area contributed by atoms with Crippen molar-refractivity contribution in [1.29, 1.82) is 0 Å². The molecule has 0 saturated carbocycles. The number of nitro groups is 1. The molecular formula is C7H5F2N3O4. The van der Waals surface area contributed by atoms with Crippen molar-refractivity contribution in [3.63, 3.8) is 0 Å². The lowest BCUT2D eigenvalue weighted by atomic mass is 10.1. The van der Waals surface area contributed by atoms with E-state index in [4.69, 9.17) is 10.8 Å². The maximum Gasteiger partial charge on any atom is 0.343 e. The Labute approximate surface area is 86.7 Å². The molecular weight excluding hydrogens is 228 g/mol. The Morgan fingerprint density at radius 3 is 2.56 bits per heavy atom. The van der Waals surface area contributed by atoms with Crippen molar-refractivity contribution in [1.82, 2.24) is 4.98 Å². The van der Waals surface area contributed by atoms with Crippen molar-refractivity contribution in [2.45, 2.75) is 6.43 Å². The van der Waals surface area contributed by atoms with Crippen molar-refractivity contribution in [2.24, 2.45) is 0 Å². The van der Waals surface area contributed by atoms with E-state index in [9.17, 15) is 23.7 Å². The number of pyridine rings is 1. The van der Waals surface area contributed by atoms with Crippen LogP contribution in [0.3, 0.4) is 0 Å². The van der Waals surface area contributed by atoms with Gasteiger partial charge < -0.3 is 10.8 Å². The minimum atomic E-state index is -3.18. The third kappa shape index (κ3) is 1.87. The minimum Gasteiger partial charge on any atom is -0.477 e. The highest BCUT2D eigenvalue weighted by Crippen LogP contribution is 2.32. The molecule has 0 bridgehead atoms. The number of nitrogens with zero attached hydrogens (tertiary/aromatic N) is 2.